The lowest BCUT2D eigenvalue weighted by Gasteiger charge is -2.16. The van der Waals surface area contributed by atoms with Crippen LogP contribution in [-0.2, 0) is 4.79 Å². The maximum atomic E-state index is 12.0. The summed E-state index contributed by atoms with van der Waals surface area (Å²) in [7, 11) is 1.73. The second-order valence-electron chi connectivity index (χ2n) is 6.66. The van der Waals surface area contributed by atoms with Gasteiger partial charge in [-0.15, -0.1) is 24.0 Å². The van der Waals surface area contributed by atoms with Crippen molar-refractivity contribution >= 4 is 41.7 Å². The van der Waals surface area contributed by atoms with Crippen LogP contribution < -0.4 is 16.0 Å². The van der Waals surface area contributed by atoms with Crippen molar-refractivity contribution in [3.8, 4) is 0 Å². The van der Waals surface area contributed by atoms with Crippen LogP contribution in [0, 0.1) is 13.8 Å². The van der Waals surface area contributed by atoms with Crippen molar-refractivity contribution in [2.75, 3.05) is 25.5 Å². The van der Waals surface area contributed by atoms with Gasteiger partial charge in [0.2, 0.25) is 5.91 Å². The molecule has 2 rings (SSSR count). The zero-order valence-electron chi connectivity index (χ0n) is 17.0. The van der Waals surface area contributed by atoms with Crippen LogP contribution in [0.5, 0.6) is 0 Å². The fraction of sp³-hybridized carbons (Fsp3) is 0.381. The summed E-state index contributed by atoms with van der Waals surface area (Å²) in [5.41, 5.74) is 3.43. The summed E-state index contributed by atoms with van der Waals surface area (Å²) in [6.45, 7) is 7.43. The van der Waals surface area contributed by atoms with Gasteiger partial charge in [0, 0.05) is 32.3 Å². The van der Waals surface area contributed by atoms with Gasteiger partial charge in [-0.2, -0.15) is 0 Å². The number of anilines is 1. The highest BCUT2D eigenvalue weighted by atomic mass is 127. The Morgan fingerprint density at radius 1 is 1.14 bits per heavy atom. The van der Waals surface area contributed by atoms with E-state index in [1.807, 2.05) is 19.1 Å². The van der Waals surface area contributed by atoms with Crippen molar-refractivity contribution in [2.24, 2.45) is 4.99 Å². The van der Waals surface area contributed by atoms with Gasteiger partial charge in [-0.25, -0.2) is 4.98 Å². The number of aliphatic imine (C=N–C) groups is 1. The number of carbonyl (C=O) groups excluding carboxylic acids is 1. The first kappa shape index (κ1) is 23.9. The predicted molar refractivity (Wildman–Crippen MR) is 127 cm³/mol. The van der Waals surface area contributed by atoms with Crippen molar-refractivity contribution in [1.29, 1.82) is 0 Å². The van der Waals surface area contributed by atoms with Gasteiger partial charge in [0.1, 0.15) is 5.82 Å². The molecule has 0 saturated heterocycles. The molecule has 0 aliphatic rings. The zero-order valence-corrected chi connectivity index (χ0v) is 19.3. The largest absolute Gasteiger partial charge is 0.356 e. The van der Waals surface area contributed by atoms with Crippen molar-refractivity contribution < 1.29 is 4.79 Å². The first-order valence-corrected chi connectivity index (χ1v) is 9.22. The number of nitrogens with one attached hydrogen (secondary N) is 3. The van der Waals surface area contributed by atoms with E-state index >= 15 is 0 Å². The van der Waals surface area contributed by atoms with Crippen LogP contribution in [0.1, 0.15) is 36.1 Å². The zero-order chi connectivity index (χ0) is 19.6. The van der Waals surface area contributed by atoms with Crippen molar-refractivity contribution in [3.63, 3.8) is 0 Å². The fourth-order valence-electron chi connectivity index (χ4n) is 2.68. The Balaban J connectivity index is 0.00000392. The number of halogens is 1. The molecule has 3 N–H and O–H groups in total. The lowest BCUT2D eigenvalue weighted by atomic mass is 9.99. The first-order chi connectivity index (χ1) is 13.0. The number of carbonyl (C=O) groups is 1. The number of aryl methyl sites for hydroxylation is 2. The van der Waals surface area contributed by atoms with Crippen molar-refractivity contribution in [2.45, 2.75) is 33.1 Å². The monoisotopic (exact) mass is 495 g/mol. The average Bonchev–Trinajstić information content (AvgIpc) is 2.64. The summed E-state index contributed by atoms with van der Waals surface area (Å²) < 4.78 is 0. The summed E-state index contributed by atoms with van der Waals surface area (Å²) in [5, 5.41) is 9.29. The number of guanidine groups is 1. The molecule has 1 unspecified atom stereocenters. The molecule has 0 aliphatic carbocycles. The van der Waals surface area contributed by atoms with E-state index in [0.717, 1.165) is 12.2 Å². The molecule has 28 heavy (non-hydrogen) atoms. The van der Waals surface area contributed by atoms with Crippen LogP contribution in [0.25, 0.3) is 0 Å². The molecule has 6 nitrogen and oxygen atoms in total. The van der Waals surface area contributed by atoms with Gasteiger partial charge in [-0.1, -0.05) is 42.8 Å². The first-order valence-electron chi connectivity index (χ1n) is 9.22. The van der Waals surface area contributed by atoms with Gasteiger partial charge in [0.25, 0.3) is 0 Å². The highest BCUT2D eigenvalue weighted by molar-refractivity contribution is 14.0. The molecular formula is C21H30IN5O. The molecule has 7 heteroatoms. The van der Waals surface area contributed by atoms with Crippen molar-refractivity contribution in [1.82, 2.24) is 15.6 Å². The standard InChI is InChI=1S/C21H29N5O.HI/c1-15-7-5-9-18(13-15)16(2)14-24-21(22-4)23-12-11-20(27)26-19-10-6-8-17(3)25-19;/h5-10,13,16H,11-12,14H2,1-4H3,(H2,22,23,24)(H,25,26,27);1H. The van der Waals surface area contributed by atoms with Crippen LogP contribution in [0.3, 0.4) is 0 Å². The third kappa shape index (κ3) is 8.24. The topological polar surface area (TPSA) is 78.4 Å². The van der Waals surface area contributed by atoms with E-state index < -0.39 is 0 Å². The highest BCUT2D eigenvalue weighted by Gasteiger charge is 2.08. The van der Waals surface area contributed by atoms with E-state index in [1.54, 1.807) is 13.1 Å². The quantitative estimate of drug-likeness (QED) is 0.312. The molecule has 0 saturated carbocycles. The Kier molecular flexibility index (Phi) is 10.5. The van der Waals surface area contributed by atoms with Crippen LogP contribution in [0.15, 0.2) is 47.5 Å². The third-order valence-electron chi connectivity index (χ3n) is 4.21. The van der Waals surface area contributed by atoms with E-state index in [4.69, 9.17) is 0 Å². The number of amides is 1. The lowest BCUT2D eigenvalue weighted by Crippen LogP contribution is -2.40. The minimum atomic E-state index is -0.0795. The average molecular weight is 495 g/mol. The molecule has 0 aliphatic heterocycles. The number of aromatic nitrogens is 1. The number of hydrogen-bond donors (Lipinski definition) is 3. The second-order valence-corrected chi connectivity index (χ2v) is 6.66. The summed E-state index contributed by atoms with van der Waals surface area (Å²) >= 11 is 0. The molecule has 0 spiro atoms. The molecule has 1 amide bonds. The number of hydrogen-bond acceptors (Lipinski definition) is 3. The Hall–Kier alpha value is -2.16. The Morgan fingerprint density at radius 3 is 2.57 bits per heavy atom. The minimum Gasteiger partial charge on any atom is -0.356 e. The molecule has 1 atom stereocenters. The van der Waals surface area contributed by atoms with E-state index in [1.165, 1.54) is 11.1 Å². The summed E-state index contributed by atoms with van der Waals surface area (Å²) in [6, 6.07) is 14.1. The third-order valence-corrected chi connectivity index (χ3v) is 4.21. The maximum Gasteiger partial charge on any atom is 0.227 e. The van der Waals surface area contributed by atoms with Gasteiger partial charge in [0.05, 0.1) is 0 Å². The molecule has 0 radical (unpaired) electrons. The Labute approximate surface area is 184 Å². The molecule has 0 bridgehead atoms. The minimum absolute atomic E-state index is 0. The second kappa shape index (κ2) is 12.3. The maximum absolute atomic E-state index is 12.0. The smallest absolute Gasteiger partial charge is 0.227 e. The summed E-state index contributed by atoms with van der Waals surface area (Å²) in [4.78, 5) is 20.5. The SMILES string of the molecule is CN=C(NCCC(=O)Nc1cccc(C)n1)NCC(C)c1cccc(C)c1.I. The Bertz CT molecular complexity index is 794. The number of rotatable bonds is 7. The molecule has 1 aromatic carbocycles. The van der Waals surface area contributed by atoms with Gasteiger partial charge in [-0.05, 0) is 37.5 Å². The molecular weight excluding hydrogens is 465 g/mol. The fourth-order valence-corrected chi connectivity index (χ4v) is 2.68. The van der Waals surface area contributed by atoms with Gasteiger partial charge in [0.15, 0.2) is 5.96 Å². The molecule has 0 fully saturated rings. The number of nitrogens with zero attached hydrogens (tertiary/aromatic N) is 2. The molecule has 2 aromatic rings. The summed E-state index contributed by atoms with van der Waals surface area (Å²) in [5.74, 6) is 1.55. The predicted octanol–water partition coefficient (Wildman–Crippen LogP) is 3.61. The van der Waals surface area contributed by atoms with Crippen molar-refractivity contribution in [3.05, 3.63) is 59.3 Å². The Morgan fingerprint density at radius 2 is 1.89 bits per heavy atom. The number of pyridine rings is 1. The van der Waals surface area contributed by atoms with Crippen LogP contribution >= 0.6 is 24.0 Å². The van der Waals surface area contributed by atoms with Crippen LogP contribution in [-0.4, -0.2) is 37.0 Å². The van der Waals surface area contributed by atoms with E-state index in [-0.39, 0.29) is 29.9 Å². The molecule has 1 aromatic heterocycles. The van der Waals surface area contributed by atoms with Gasteiger partial charge < -0.3 is 16.0 Å². The number of benzene rings is 1. The van der Waals surface area contributed by atoms with Crippen LogP contribution in [0.4, 0.5) is 5.82 Å². The molecule has 152 valence electrons. The normalized spacial score (nSPS) is 11.9. The van der Waals surface area contributed by atoms with Gasteiger partial charge >= 0.3 is 0 Å². The van der Waals surface area contributed by atoms with Crippen LogP contribution in [0.2, 0.25) is 0 Å². The lowest BCUT2D eigenvalue weighted by molar-refractivity contribution is -0.116. The highest BCUT2D eigenvalue weighted by Crippen LogP contribution is 2.15. The van der Waals surface area contributed by atoms with Gasteiger partial charge in [-0.3, -0.25) is 9.79 Å². The van der Waals surface area contributed by atoms with E-state index in [9.17, 15) is 4.79 Å². The molecule has 1 heterocycles. The summed E-state index contributed by atoms with van der Waals surface area (Å²) in [6.07, 6.45) is 0.337. The van der Waals surface area contributed by atoms with E-state index in [0.29, 0.717) is 30.7 Å². The van der Waals surface area contributed by atoms with E-state index in [2.05, 4.69) is 64.0 Å².